The highest BCUT2D eigenvalue weighted by atomic mass is 35.5. The van der Waals surface area contributed by atoms with E-state index in [1.807, 2.05) is 44.3 Å². The number of likely N-dealkylation sites (N-methyl/N-ethyl adjacent to an activating group) is 1. The number of nitrogens with one attached hydrogen (secondary N) is 2. The highest BCUT2D eigenvalue weighted by Crippen LogP contribution is 2.30. The second-order valence-electron chi connectivity index (χ2n) is 11.6. The number of fused-ring (bicyclic) bond motifs is 1. The van der Waals surface area contributed by atoms with Gasteiger partial charge in [-0.25, -0.2) is 4.79 Å². The van der Waals surface area contributed by atoms with Gasteiger partial charge in [-0.1, -0.05) is 55.5 Å². The van der Waals surface area contributed by atoms with Crippen molar-refractivity contribution >= 4 is 40.8 Å². The third kappa shape index (κ3) is 8.74. The van der Waals surface area contributed by atoms with Gasteiger partial charge in [0, 0.05) is 42.8 Å². The minimum absolute atomic E-state index is 0.0192. The normalized spacial score (nSPS) is 20.9. The number of benzene rings is 2. The molecule has 2 aromatic carbocycles. The van der Waals surface area contributed by atoms with Crippen LogP contribution in [0.5, 0.6) is 5.75 Å². The molecule has 0 radical (unpaired) electrons. The van der Waals surface area contributed by atoms with Gasteiger partial charge in [-0.05, 0) is 62.7 Å². The van der Waals surface area contributed by atoms with Gasteiger partial charge in [-0.15, -0.1) is 0 Å². The van der Waals surface area contributed by atoms with Crippen molar-refractivity contribution in [3.8, 4) is 5.75 Å². The van der Waals surface area contributed by atoms with E-state index < -0.39 is 0 Å². The Balaban J connectivity index is 1.54. The quantitative estimate of drug-likeness (QED) is 0.358. The van der Waals surface area contributed by atoms with Crippen LogP contribution in [0.2, 0.25) is 10.0 Å². The van der Waals surface area contributed by atoms with Crippen LogP contribution < -0.4 is 15.4 Å². The molecule has 1 aliphatic carbocycles. The minimum atomic E-state index is -0.330. The molecule has 0 saturated heterocycles. The lowest BCUT2D eigenvalue weighted by molar-refractivity contribution is -0.134. The van der Waals surface area contributed by atoms with Gasteiger partial charge in [0.15, 0.2) is 0 Å². The summed E-state index contributed by atoms with van der Waals surface area (Å²) in [5.74, 6) is 0.515. The maximum Gasteiger partial charge on any atom is 0.319 e. The van der Waals surface area contributed by atoms with Crippen molar-refractivity contribution in [3.05, 3.63) is 57.6 Å². The van der Waals surface area contributed by atoms with Gasteiger partial charge in [-0.3, -0.25) is 9.69 Å². The van der Waals surface area contributed by atoms with Crippen LogP contribution >= 0.6 is 23.2 Å². The van der Waals surface area contributed by atoms with Crippen LogP contribution in [0, 0.1) is 5.92 Å². The van der Waals surface area contributed by atoms with Crippen LogP contribution in [0.15, 0.2) is 36.4 Å². The standard InChI is InChI=1S/C31H42Cl2N4O4/c1-20-16-37(21(2)19-38)30(39)15-23-14-25(35-31(40)34-24-7-5-4-6-8-24)10-12-28(23)41-29(20)18-36(3)17-22-9-11-26(32)27(33)13-22/h9-14,20-21,24,29,38H,4-8,15-19H2,1-3H3,(H2,34,35,40)/t20-,21+,29+/m0/s1. The average Bonchev–Trinajstić information content (AvgIpc) is 2.98. The lowest BCUT2D eigenvalue weighted by atomic mass is 9.96. The van der Waals surface area contributed by atoms with Gasteiger partial charge in [0.2, 0.25) is 5.91 Å². The van der Waals surface area contributed by atoms with Gasteiger partial charge in [0.25, 0.3) is 0 Å². The van der Waals surface area contributed by atoms with Crippen molar-refractivity contribution in [2.24, 2.45) is 5.92 Å². The zero-order chi connectivity index (χ0) is 29.5. The molecular formula is C31H42Cl2N4O4. The molecule has 1 fully saturated rings. The molecule has 41 heavy (non-hydrogen) atoms. The summed E-state index contributed by atoms with van der Waals surface area (Å²) >= 11 is 12.3. The van der Waals surface area contributed by atoms with E-state index in [0.29, 0.717) is 46.7 Å². The van der Waals surface area contributed by atoms with E-state index in [0.717, 1.165) is 31.2 Å². The number of hydrogen-bond donors (Lipinski definition) is 3. The monoisotopic (exact) mass is 604 g/mol. The van der Waals surface area contributed by atoms with Crippen molar-refractivity contribution in [2.75, 3.05) is 32.1 Å². The first-order valence-electron chi connectivity index (χ1n) is 14.5. The Bertz CT molecular complexity index is 1210. The molecule has 3 amide bonds. The molecule has 3 N–H and O–H groups in total. The molecular weight excluding hydrogens is 563 g/mol. The van der Waals surface area contributed by atoms with Crippen LogP contribution in [-0.2, 0) is 17.8 Å². The Labute approximate surface area is 253 Å². The number of aliphatic hydroxyl groups is 1. The number of urea groups is 1. The first-order chi connectivity index (χ1) is 19.6. The Morgan fingerprint density at radius 3 is 2.61 bits per heavy atom. The van der Waals surface area contributed by atoms with Gasteiger partial charge in [-0.2, -0.15) is 0 Å². The number of anilines is 1. The summed E-state index contributed by atoms with van der Waals surface area (Å²) in [5, 5.41) is 17.0. The number of carbonyl (C=O) groups is 2. The van der Waals surface area contributed by atoms with E-state index in [9.17, 15) is 14.7 Å². The summed E-state index contributed by atoms with van der Waals surface area (Å²) < 4.78 is 6.61. The van der Waals surface area contributed by atoms with Crippen LogP contribution in [0.4, 0.5) is 10.5 Å². The number of aliphatic hydroxyl groups excluding tert-OH is 1. The molecule has 1 saturated carbocycles. The third-order valence-electron chi connectivity index (χ3n) is 8.04. The number of ether oxygens (including phenoxy) is 1. The number of carbonyl (C=O) groups excluding carboxylic acids is 2. The maximum absolute atomic E-state index is 13.5. The van der Waals surface area contributed by atoms with E-state index in [2.05, 4.69) is 22.5 Å². The SMILES string of the molecule is C[C@H](CO)N1C[C@H](C)[C@@H](CN(C)Cc2ccc(Cl)c(Cl)c2)Oc2ccc(NC(=O)NC3CCCCC3)cc2CC1=O. The molecule has 0 spiro atoms. The molecule has 224 valence electrons. The molecule has 0 unspecified atom stereocenters. The van der Waals surface area contributed by atoms with E-state index in [1.165, 1.54) is 6.42 Å². The maximum atomic E-state index is 13.5. The van der Waals surface area contributed by atoms with Crippen LogP contribution in [0.25, 0.3) is 0 Å². The fourth-order valence-electron chi connectivity index (χ4n) is 5.65. The summed E-state index contributed by atoms with van der Waals surface area (Å²) in [4.78, 5) is 30.1. The van der Waals surface area contributed by atoms with Gasteiger partial charge < -0.3 is 25.4 Å². The second-order valence-corrected chi connectivity index (χ2v) is 12.4. The number of amides is 3. The zero-order valence-corrected chi connectivity index (χ0v) is 25.7. The molecule has 8 nitrogen and oxygen atoms in total. The number of halogens is 2. The Morgan fingerprint density at radius 2 is 1.90 bits per heavy atom. The van der Waals surface area contributed by atoms with Crippen LogP contribution in [0.1, 0.15) is 57.1 Å². The van der Waals surface area contributed by atoms with Gasteiger partial charge in [0.1, 0.15) is 11.9 Å². The smallest absolute Gasteiger partial charge is 0.319 e. The summed E-state index contributed by atoms with van der Waals surface area (Å²) in [6.45, 7) is 5.48. The Kier molecular flexibility index (Phi) is 11.2. The van der Waals surface area contributed by atoms with Crippen molar-refractivity contribution < 1.29 is 19.4 Å². The summed E-state index contributed by atoms with van der Waals surface area (Å²) in [5.41, 5.74) is 2.34. The molecule has 10 heteroatoms. The van der Waals surface area contributed by atoms with Crippen molar-refractivity contribution in [3.63, 3.8) is 0 Å². The molecule has 1 aliphatic heterocycles. The predicted molar refractivity (Wildman–Crippen MR) is 164 cm³/mol. The summed E-state index contributed by atoms with van der Waals surface area (Å²) in [7, 11) is 2.02. The fourth-order valence-corrected chi connectivity index (χ4v) is 5.97. The second kappa shape index (κ2) is 14.6. The molecule has 1 heterocycles. The molecule has 2 aliphatic rings. The number of hydrogen-bond acceptors (Lipinski definition) is 5. The molecule has 0 aromatic heterocycles. The van der Waals surface area contributed by atoms with Crippen molar-refractivity contribution in [1.82, 2.24) is 15.1 Å². The predicted octanol–water partition coefficient (Wildman–Crippen LogP) is 5.73. The number of rotatable bonds is 8. The van der Waals surface area contributed by atoms with Gasteiger partial charge in [0.05, 0.1) is 29.1 Å². The Hall–Kier alpha value is -2.52. The highest BCUT2D eigenvalue weighted by Gasteiger charge is 2.31. The van der Waals surface area contributed by atoms with E-state index in [4.69, 9.17) is 27.9 Å². The van der Waals surface area contributed by atoms with E-state index in [-0.39, 0.29) is 49.1 Å². The van der Waals surface area contributed by atoms with E-state index in [1.54, 1.807) is 11.0 Å². The van der Waals surface area contributed by atoms with Gasteiger partial charge >= 0.3 is 6.03 Å². The first-order valence-corrected chi connectivity index (χ1v) is 15.3. The Morgan fingerprint density at radius 1 is 1.15 bits per heavy atom. The molecule has 4 rings (SSSR count). The topological polar surface area (TPSA) is 94.1 Å². The lowest BCUT2D eigenvalue weighted by Crippen LogP contribution is -2.47. The molecule has 3 atom stereocenters. The third-order valence-corrected chi connectivity index (χ3v) is 8.78. The van der Waals surface area contributed by atoms with Crippen LogP contribution in [0.3, 0.4) is 0 Å². The van der Waals surface area contributed by atoms with Crippen LogP contribution in [-0.4, -0.2) is 71.8 Å². The largest absolute Gasteiger partial charge is 0.488 e. The minimum Gasteiger partial charge on any atom is -0.488 e. The van der Waals surface area contributed by atoms with E-state index >= 15 is 0 Å². The summed E-state index contributed by atoms with van der Waals surface area (Å²) in [6, 6.07) is 10.7. The fraction of sp³-hybridized carbons (Fsp3) is 0.548. The lowest BCUT2D eigenvalue weighted by Gasteiger charge is -2.34. The molecule has 0 bridgehead atoms. The first kappa shape index (κ1) is 31.4. The molecule has 2 aromatic rings. The summed E-state index contributed by atoms with van der Waals surface area (Å²) in [6.07, 6.45) is 5.35. The average molecular weight is 606 g/mol. The van der Waals surface area contributed by atoms with Crippen molar-refractivity contribution in [1.29, 1.82) is 0 Å². The zero-order valence-electron chi connectivity index (χ0n) is 24.2. The van der Waals surface area contributed by atoms with Crippen molar-refractivity contribution in [2.45, 2.75) is 77.1 Å². The highest BCUT2D eigenvalue weighted by molar-refractivity contribution is 6.42. The number of nitrogens with zero attached hydrogens (tertiary/aromatic N) is 2.